The Morgan fingerprint density at radius 1 is 0.947 bits per heavy atom. The summed E-state index contributed by atoms with van der Waals surface area (Å²) in [4.78, 5) is 23.4. The van der Waals surface area contributed by atoms with E-state index >= 15 is 0 Å². The average molecular weight is 250 g/mol. The zero-order valence-electron chi connectivity index (χ0n) is 10.7. The predicted octanol–water partition coefficient (Wildman–Crippen LogP) is 3.43. The third-order valence-corrected chi connectivity index (χ3v) is 3.12. The summed E-state index contributed by atoms with van der Waals surface area (Å²) >= 11 is 0. The molecule has 0 heterocycles. The SMILES string of the molecule is CC(C(=C=O)C(=O)c1ccccc1)c1ccccc1. The van der Waals surface area contributed by atoms with Gasteiger partial charge >= 0.3 is 0 Å². The van der Waals surface area contributed by atoms with E-state index in [2.05, 4.69) is 0 Å². The predicted molar refractivity (Wildman–Crippen MR) is 74.8 cm³/mol. The Hall–Kier alpha value is -2.44. The lowest BCUT2D eigenvalue weighted by Crippen LogP contribution is -2.10. The molecule has 0 spiro atoms. The van der Waals surface area contributed by atoms with Gasteiger partial charge < -0.3 is 0 Å². The Bertz CT molecular complexity index is 608. The largest absolute Gasteiger partial charge is 0.288 e. The van der Waals surface area contributed by atoms with Crippen molar-refractivity contribution < 1.29 is 9.59 Å². The van der Waals surface area contributed by atoms with E-state index in [0.29, 0.717) is 5.56 Å². The molecule has 0 aromatic heterocycles. The first-order valence-electron chi connectivity index (χ1n) is 6.13. The summed E-state index contributed by atoms with van der Waals surface area (Å²) in [5.41, 5.74) is 1.62. The smallest absolute Gasteiger partial charge is 0.200 e. The number of allylic oxidation sites excluding steroid dienone is 1. The maximum Gasteiger partial charge on any atom is 0.200 e. The fourth-order valence-corrected chi connectivity index (χ4v) is 1.98. The minimum atomic E-state index is -0.258. The lowest BCUT2D eigenvalue weighted by atomic mass is 9.89. The minimum Gasteiger partial charge on any atom is -0.288 e. The molecule has 19 heavy (non-hydrogen) atoms. The molecular weight excluding hydrogens is 236 g/mol. The normalized spacial score (nSPS) is 11.4. The van der Waals surface area contributed by atoms with Crippen molar-refractivity contribution in [2.24, 2.45) is 0 Å². The van der Waals surface area contributed by atoms with Crippen LogP contribution in [0.15, 0.2) is 66.2 Å². The Morgan fingerprint density at radius 3 is 2.00 bits per heavy atom. The quantitative estimate of drug-likeness (QED) is 0.473. The van der Waals surface area contributed by atoms with Gasteiger partial charge in [0.05, 0.1) is 5.57 Å². The number of benzene rings is 2. The standard InChI is InChI=1S/C17H14O2/c1-13(14-8-4-2-5-9-14)16(12-18)17(19)15-10-6-3-7-11-15/h2-11,13H,1H3. The van der Waals surface area contributed by atoms with Crippen LogP contribution in [0.4, 0.5) is 0 Å². The van der Waals surface area contributed by atoms with E-state index in [9.17, 15) is 9.59 Å². The number of hydrogen-bond acceptors (Lipinski definition) is 2. The van der Waals surface area contributed by atoms with Gasteiger partial charge in [-0.05, 0) is 5.56 Å². The van der Waals surface area contributed by atoms with Crippen molar-refractivity contribution in [2.75, 3.05) is 0 Å². The van der Waals surface area contributed by atoms with Gasteiger partial charge in [0.25, 0.3) is 0 Å². The van der Waals surface area contributed by atoms with Gasteiger partial charge in [-0.3, -0.25) is 4.79 Å². The van der Waals surface area contributed by atoms with Crippen LogP contribution in [0.25, 0.3) is 0 Å². The highest BCUT2D eigenvalue weighted by Gasteiger charge is 2.20. The number of rotatable bonds is 4. The third-order valence-electron chi connectivity index (χ3n) is 3.12. The summed E-state index contributed by atoms with van der Waals surface area (Å²) < 4.78 is 0. The second-order valence-electron chi connectivity index (χ2n) is 4.34. The molecule has 2 nitrogen and oxygen atoms in total. The van der Waals surface area contributed by atoms with Crippen LogP contribution in [0, 0.1) is 0 Å². The van der Waals surface area contributed by atoms with Crippen LogP contribution in [-0.2, 0) is 4.79 Å². The summed E-state index contributed by atoms with van der Waals surface area (Å²) in [5.74, 6) is 1.30. The second-order valence-corrected chi connectivity index (χ2v) is 4.34. The maximum atomic E-state index is 12.3. The maximum absolute atomic E-state index is 12.3. The summed E-state index contributed by atoms with van der Waals surface area (Å²) in [6, 6.07) is 18.3. The molecule has 0 fully saturated rings. The first kappa shape index (κ1) is 13.0. The number of carbonyl (C=O) groups is 1. The summed E-state index contributed by atoms with van der Waals surface area (Å²) in [6.07, 6.45) is 0. The van der Waals surface area contributed by atoms with E-state index in [4.69, 9.17) is 0 Å². The van der Waals surface area contributed by atoms with Gasteiger partial charge in [-0.1, -0.05) is 67.6 Å². The Morgan fingerprint density at radius 2 is 1.47 bits per heavy atom. The van der Waals surface area contributed by atoms with Crippen molar-refractivity contribution in [3.8, 4) is 0 Å². The van der Waals surface area contributed by atoms with Gasteiger partial charge in [0, 0.05) is 11.5 Å². The molecule has 1 unspecified atom stereocenters. The molecule has 0 amide bonds. The van der Waals surface area contributed by atoms with Crippen molar-refractivity contribution in [3.63, 3.8) is 0 Å². The molecular formula is C17H14O2. The lowest BCUT2D eigenvalue weighted by molar-refractivity contribution is 0.103. The number of Topliss-reactive ketones (excluding diaryl/α,β-unsaturated/α-hetero) is 1. The van der Waals surface area contributed by atoms with Gasteiger partial charge in [-0.25, -0.2) is 4.79 Å². The Labute approximate surface area is 112 Å². The van der Waals surface area contributed by atoms with Crippen LogP contribution in [0.5, 0.6) is 0 Å². The molecule has 0 aliphatic carbocycles. The van der Waals surface area contributed by atoms with Crippen molar-refractivity contribution >= 4 is 11.7 Å². The number of ketones is 1. The van der Waals surface area contributed by atoms with Crippen molar-refractivity contribution in [2.45, 2.75) is 12.8 Å². The van der Waals surface area contributed by atoms with Crippen LogP contribution in [0.3, 0.4) is 0 Å². The average Bonchev–Trinajstić information content (AvgIpc) is 2.49. The van der Waals surface area contributed by atoms with Gasteiger partial charge in [-0.15, -0.1) is 0 Å². The van der Waals surface area contributed by atoms with E-state index in [-0.39, 0.29) is 17.3 Å². The van der Waals surface area contributed by atoms with E-state index < -0.39 is 0 Å². The Balaban J connectivity index is 2.32. The zero-order valence-corrected chi connectivity index (χ0v) is 10.7. The Kier molecular flexibility index (Phi) is 4.07. The van der Waals surface area contributed by atoms with Gasteiger partial charge in [0.2, 0.25) is 5.78 Å². The lowest BCUT2D eigenvalue weighted by Gasteiger charge is -2.12. The topological polar surface area (TPSA) is 34.1 Å². The number of carbonyl (C=O) groups excluding carboxylic acids is 2. The fourth-order valence-electron chi connectivity index (χ4n) is 1.98. The van der Waals surface area contributed by atoms with Crippen LogP contribution < -0.4 is 0 Å². The molecule has 2 heteroatoms. The van der Waals surface area contributed by atoms with Crippen molar-refractivity contribution in [1.82, 2.24) is 0 Å². The zero-order chi connectivity index (χ0) is 13.7. The van der Waals surface area contributed by atoms with Crippen molar-refractivity contribution in [3.05, 3.63) is 77.4 Å². The summed E-state index contributed by atoms with van der Waals surface area (Å²) in [7, 11) is 0. The molecule has 94 valence electrons. The summed E-state index contributed by atoms with van der Waals surface area (Å²) in [6.45, 7) is 1.84. The fraction of sp³-hybridized carbons (Fsp3) is 0.118. The first-order chi connectivity index (χ1) is 9.24. The molecule has 0 saturated carbocycles. The molecule has 2 aromatic carbocycles. The number of hydrogen-bond donors (Lipinski definition) is 0. The molecule has 0 bridgehead atoms. The molecule has 1 atom stereocenters. The minimum absolute atomic E-state index is 0.164. The molecule has 0 radical (unpaired) electrons. The van der Waals surface area contributed by atoms with Gasteiger partial charge in [0.15, 0.2) is 0 Å². The van der Waals surface area contributed by atoms with Crippen LogP contribution in [0.1, 0.15) is 28.8 Å². The van der Waals surface area contributed by atoms with Crippen LogP contribution in [-0.4, -0.2) is 11.7 Å². The van der Waals surface area contributed by atoms with E-state index in [1.807, 2.05) is 49.3 Å². The molecule has 0 saturated heterocycles. The van der Waals surface area contributed by atoms with Gasteiger partial charge in [0.1, 0.15) is 5.94 Å². The van der Waals surface area contributed by atoms with Crippen LogP contribution >= 0.6 is 0 Å². The third kappa shape index (κ3) is 2.87. The van der Waals surface area contributed by atoms with E-state index in [1.165, 1.54) is 0 Å². The van der Waals surface area contributed by atoms with Crippen molar-refractivity contribution in [1.29, 1.82) is 0 Å². The first-order valence-corrected chi connectivity index (χ1v) is 6.13. The van der Waals surface area contributed by atoms with E-state index in [1.54, 1.807) is 24.3 Å². The summed E-state index contributed by atoms with van der Waals surface area (Å²) in [5, 5.41) is 0. The highest BCUT2D eigenvalue weighted by atomic mass is 16.1. The monoisotopic (exact) mass is 250 g/mol. The molecule has 0 aliphatic rings. The van der Waals surface area contributed by atoms with Crippen LogP contribution in [0.2, 0.25) is 0 Å². The van der Waals surface area contributed by atoms with Gasteiger partial charge in [-0.2, -0.15) is 0 Å². The molecule has 0 N–H and O–H groups in total. The molecule has 0 aliphatic heterocycles. The molecule has 2 aromatic rings. The molecule has 2 rings (SSSR count). The highest BCUT2D eigenvalue weighted by molar-refractivity contribution is 6.14. The highest BCUT2D eigenvalue weighted by Crippen LogP contribution is 2.24. The van der Waals surface area contributed by atoms with E-state index in [0.717, 1.165) is 5.56 Å². The second kappa shape index (κ2) is 5.94.